The van der Waals surface area contributed by atoms with Crippen LogP contribution in [0, 0.1) is 0 Å². The summed E-state index contributed by atoms with van der Waals surface area (Å²) in [5.74, 6) is -0.844. The van der Waals surface area contributed by atoms with Gasteiger partial charge in [-0.1, -0.05) is 45.7 Å². The molecule has 110 valence electrons. The number of halogens is 2. The van der Waals surface area contributed by atoms with Crippen molar-refractivity contribution < 1.29 is 9.59 Å². The van der Waals surface area contributed by atoms with Gasteiger partial charge in [0.05, 0.1) is 5.69 Å². The Balaban J connectivity index is 1.93. The molecule has 6 heteroatoms. The third kappa shape index (κ3) is 2.91. The highest BCUT2D eigenvalue weighted by Crippen LogP contribution is 2.24. The predicted molar refractivity (Wildman–Crippen MR) is 89.2 cm³/mol. The molecule has 4 nitrogen and oxygen atoms in total. The molecule has 0 aromatic heterocycles. The van der Waals surface area contributed by atoms with Gasteiger partial charge in [-0.15, -0.1) is 0 Å². The van der Waals surface area contributed by atoms with Gasteiger partial charge >= 0.3 is 0 Å². The van der Waals surface area contributed by atoms with Gasteiger partial charge in [0, 0.05) is 9.50 Å². The Kier molecular flexibility index (Phi) is 4.00. The first-order valence-electron chi connectivity index (χ1n) is 6.43. The molecule has 0 radical (unpaired) electrons. The maximum atomic E-state index is 12.4. The summed E-state index contributed by atoms with van der Waals surface area (Å²) in [5.41, 5.74) is 3.91. The van der Waals surface area contributed by atoms with E-state index < -0.39 is 11.8 Å². The fraction of sp³-hybridized carbons (Fsp3) is 0. The van der Waals surface area contributed by atoms with Crippen LogP contribution in [0.25, 0.3) is 6.08 Å². The molecular formula is C16H10BrClN2O2. The molecule has 0 spiro atoms. The lowest BCUT2D eigenvalue weighted by molar-refractivity contribution is -0.117. The monoisotopic (exact) mass is 376 g/mol. The molecule has 1 aliphatic rings. The van der Waals surface area contributed by atoms with Gasteiger partial charge in [-0.05, 0) is 42.0 Å². The number of hydrogen-bond donors (Lipinski definition) is 1. The summed E-state index contributed by atoms with van der Waals surface area (Å²) < 4.78 is 0.928. The van der Waals surface area contributed by atoms with Crippen LogP contribution in [-0.2, 0) is 9.59 Å². The van der Waals surface area contributed by atoms with E-state index >= 15 is 0 Å². The summed E-state index contributed by atoms with van der Waals surface area (Å²) in [4.78, 5) is 24.5. The van der Waals surface area contributed by atoms with Crippen molar-refractivity contribution in [3.8, 4) is 0 Å². The minimum atomic E-state index is -0.437. The van der Waals surface area contributed by atoms with Gasteiger partial charge in [0.2, 0.25) is 0 Å². The molecule has 22 heavy (non-hydrogen) atoms. The molecule has 0 saturated carbocycles. The number of nitrogens with zero attached hydrogens (tertiary/aromatic N) is 1. The Morgan fingerprint density at radius 3 is 2.50 bits per heavy atom. The molecule has 0 bridgehead atoms. The van der Waals surface area contributed by atoms with Crippen LogP contribution >= 0.6 is 27.5 Å². The number of anilines is 1. The highest BCUT2D eigenvalue weighted by molar-refractivity contribution is 9.10. The molecule has 3 rings (SSSR count). The zero-order valence-corrected chi connectivity index (χ0v) is 13.6. The zero-order valence-electron chi connectivity index (χ0n) is 11.2. The van der Waals surface area contributed by atoms with Crippen molar-refractivity contribution >= 4 is 51.1 Å². The van der Waals surface area contributed by atoms with E-state index in [1.54, 1.807) is 30.3 Å². The quantitative estimate of drug-likeness (QED) is 0.642. The Morgan fingerprint density at radius 2 is 1.82 bits per heavy atom. The second kappa shape index (κ2) is 5.94. The number of nitrogens with one attached hydrogen (secondary N) is 1. The maximum Gasteiger partial charge on any atom is 0.282 e. The number of benzene rings is 2. The minimum absolute atomic E-state index is 0.0855. The van der Waals surface area contributed by atoms with E-state index in [9.17, 15) is 9.59 Å². The van der Waals surface area contributed by atoms with Gasteiger partial charge in [-0.2, -0.15) is 0 Å². The molecule has 1 fully saturated rings. The Bertz CT molecular complexity index is 787. The predicted octanol–water partition coefficient (Wildman–Crippen LogP) is 3.56. The molecule has 0 aliphatic carbocycles. The van der Waals surface area contributed by atoms with Crippen molar-refractivity contribution in [3.05, 3.63) is 69.2 Å². The maximum absolute atomic E-state index is 12.4. The lowest BCUT2D eigenvalue weighted by atomic mass is 10.1. The Hall–Kier alpha value is -2.11. The molecule has 0 atom stereocenters. The van der Waals surface area contributed by atoms with Gasteiger partial charge < -0.3 is 0 Å². The molecular weight excluding hydrogens is 368 g/mol. The third-order valence-electron chi connectivity index (χ3n) is 3.14. The number of rotatable bonds is 2. The average Bonchev–Trinajstić information content (AvgIpc) is 2.77. The van der Waals surface area contributed by atoms with E-state index in [2.05, 4.69) is 21.4 Å². The van der Waals surface area contributed by atoms with Crippen molar-refractivity contribution in [2.75, 3.05) is 5.01 Å². The Labute approximate surface area is 140 Å². The van der Waals surface area contributed by atoms with Gasteiger partial charge in [-0.3, -0.25) is 15.0 Å². The standard InChI is InChI=1S/C16H10BrClN2O2/c17-11-6-4-10(5-7-11)8-14-15(21)19-20(16(14)22)13-3-1-2-12(18)9-13/h1-9H,(H,19,21). The summed E-state index contributed by atoms with van der Waals surface area (Å²) in [7, 11) is 0. The van der Waals surface area contributed by atoms with Gasteiger partial charge in [0.25, 0.3) is 11.8 Å². The second-order valence-electron chi connectivity index (χ2n) is 4.67. The SMILES string of the molecule is O=C1NN(c2cccc(Cl)c2)C(=O)C1=Cc1ccc(Br)cc1. The van der Waals surface area contributed by atoms with Crippen LogP contribution in [0.5, 0.6) is 0 Å². The van der Waals surface area contributed by atoms with Crippen LogP contribution in [0.3, 0.4) is 0 Å². The Morgan fingerprint density at radius 1 is 1.09 bits per heavy atom. The number of carbonyl (C=O) groups is 2. The first-order valence-corrected chi connectivity index (χ1v) is 7.60. The molecule has 1 saturated heterocycles. The van der Waals surface area contributed by atoms with Crippen molar-refractivity contribution in [1.82, 2.24) is 5.43 Å². The number of hydrazine groups is 1. The smallest absolute Gasteiger partial charge is 0.267 e. The van der Waals surface area contributed by atoms with Crippen LogP contribution in [0.1, 0.15) is 5.56 Å². The number of carbonyl (C=O) groups excluding carboxylic acids is 2. The molecule has 2 aromatic rings. The van der Waals surface area contributed by atoms with Crippen LogP contribution in [0.15, 0.2) is 58.6 Å². The van der Waals surface area contributed by atoms with Crippen molar-refractivity contribution in [3.63, 3.8) is 0 Å². The largest absolute Gasteiger partial charge is 0.282 e. The molecule has 2 aromatic carbocycles. The normalized spacial score (nSPS) is 16.3. The highest BCUT2D eigenvalue weighted by Gasteiger charge is 2.34. The highest BCUT2D eigenvalue weighted by atomic mass is 79.9. The topological polar surface area (TPSA) is 49.4 Å². The first-order chi connectivity index (χ1) is 10.5. The molecule has 1 heterocycles. The van der Waals surface area contributed by atoms with Crippen LogP contribution in [-0.4, -0.2) is 11.8 Å². The van der Waals surface area contributed by atoms with E-state index in [0.29, 0.717) is 10.7 Å². The van der Waals surface area contributed by atoms with Crippen molar-refractivity contribution in [2.24, 2.45) is 0 Å². The van der Waals surface area contributed by atoms with Crippen LogP contribution in [0.2, 0.25) is 5.02 Å². The number of amides is 2. The van der Waals surface area contributed by atoms with E-state index in [0.717, 1.165) is 10.0 Å². The van der Waals surface area contributed by atoms with Gasteiger partial charge in [0.1, 0.15) is 5.57 Å². The summed E-state index contributed by atoms with van der Waals surface area (Å²) in [6.45, 7) is 0. The molecule has 1 N–H and O–H groups in total. The van der Waals surface area contributed by atoms with E-state index in [-0.39, 0.29) is 5.57 Å². The van der Waals surface area contributed by atoms with E-state index in [4.69, 9.17) is 11.6 Å². The average molecular weight is 378 g/mol. The van der Waals surface area contributed by atoms with Crippen LogP contribution < -0.4 is 10.4 Å². The van der Waals surface area contributed by atoms with Gasteiger partial charge in [-0.25, -0.2) is 5.01 Å². The lowest BCUT2D eigenvalue weighted by Crippen LogP contribution is -2.35. The van der Waals surface area contributed by atoms with Gasteiger partial charge in [0.15, 0.2) is 0 Å². The summed E-state index contributed by atoms with van der Waals surface area (Å²) >= 11 is 9.26. The summed E-state index contributed by atoms with van der Waals surface area (Å²) in [6, 6.07) is 14.1. The van der Waals surface area contributed by atoms with Crippen LogP contribution in [0.4, 0.5) is 5.69 Å². The molecule has 1 aliphatic heterocycles. The molecule has 2 amide bonds. The first kappa shape index (κ1) is 14.8. The second-order valence-corrected chi connectivity index (χ2v) is 6.02. The van der Waals surface area contributed by atoms with Crippen molar-refractivity contribution in [2.45, 2.75) is 0 Å². The van der Waals surface area contributed by atoms with E-state index in [1.807, 2.05) is 24.3 Å². The fourth-order valence-electron chi connectivity index (χ4n) is 2.08. The van der Waals surface area contributed by atoms with Crippen molar-refractivity contribution in [1.29, 1.82) is 0 Å². The lowest BCUT2D eigenvalue weighted by Gasteiger charge is -2.14. The third-order valence-corrected chi connectivity index (χ3v) is 3.90. The molecule has 0 unspecified atom stereocenters. The fourth-order valence-corrected chi connectivity index (χ4v) is 2.53. The zero-order chi connectivity index (χ0) is 15.7. The number of hydrogen-bond acceptors (Lipinski definition) is 2. The minimum Gasteiger partial charge on any atom is -0.267 e. The summed E-state index contributed by atoms with van der Waals surface area (Å²) in [5, 5.41) is 1.68. The summed E-state index contributed by atoms with van der Waals surface area (Å²) in [6.07, 6.45) is 1.56. The van der Waals surface area contributed by atoms with E-state index in [1.165, 1.54) is 5.01 Å².